The minimum atomic E-state index is -0.496. The number of rotatable bonds is 2. The highest BCUT2D eigenvalue weighted by molar-refractivity contribution is 6.17. The Morgan fingerprint density at radius 2 is 1.88 bits per heavy atom. The first-order valence-electron chi connectivity index (χ1n) is 12.7. The highest BCUT2D eigenvalue weighted by atomic mass is 16.6. The number of allylic oxidation sites excluding steroid dienone is 4. The van der Waals surface area contributed by atoms with Crippen molar-refractivity contribution in [1.82, 2.24) is 4.90 Å². The van der Waals surface area contributed by atoms with Crippen LogP contribution in [0.1, 0.15) is 74.9 Å². The minimum Gasteiger partial charge on any atom is -0.444 e. The fraction of sp³-hybridized carbons (Fsp3) is 0.467. The molecule has 4 heteroatoms. The monoisotopic (exact) mass is 457 g/mol. The molecule has 1 unspecified atom stereocenters. The molecule has 1 saturated heterocycles. The van der Waals surface area contributed by atoms with E-state index in [-0.39, 0.29) is 23.7 Å². The first-order chi connectivity index (χ1) is 16.3. The van der Waals surface area contributed by atoms with E-state index in [1.807, 2.05) is 20.8 Å². The van der Waals surface area contributed by atoms with Crippen LogP contribution >= 0.6 is 0 Å². The molecule has 1 amide bonds. The van der Waals surface area contributed by atoms with Gasteiger partial charge in [-0.25, -0.2) is 4.79 Å². The summed E-state index contributed by atoms with van der Waals surface area (Å²) in [7, 11) is 0. The maximum absolute atomic E-state index is 14.2. The summed E-state index contributed by atoms with van der Waals surface area (Å²) < 4.78 is 5.58. The summed E-state index contributed by atoms with van der Waals surface area (Å²) in [5, 5.41) is 2.22. The Balaban J connectivity index is 1.48. The maximum atomic E-state index is 14.2. The zero-order valence-corrected chi connectivity index (χ0v) is 20.8. The predicted molar refractivity (Wildman–Crippen MR) is 137 cm³/mol. The first kappa shape index (κ1) is 22.9. The van der Waals surface area contributed by atoms with Crippen molar-refractivity contribution >= 4 is 28.2 Å². The third kappa shape index (κ3) is 4.08. The van der Waals surface area contributed by atoms with Crippen LogP contribution in [0.2, 0.25) is 0 Å². The van der Waals surface area contributed by atoms with Gasteiger partial charge in [-0.2, -0.15) is 0 Å². The van der Waals surface area contributed by atoms with Gasteiger partial charge in [0.1, 0.15) is 5.60 Å². The Kier molecular flexibility index (Phi) is 5.87. The number of aryl methyl sites for hydroxylation is 1. The minimum absolute atomic E-state index is 0.0929. The van der Waals surface area contributed by atoms with Crippen molar-refractivity contribution in [2.45, 2.75) is 65.4 Å². The van der Waals surface area contributed by atoms with E-state index in [0.717, 1.165) is 54.0 Å². The van der Waals surface area contributed by atoms with Gasteiger partial charge in [0.2, 0.25) is 0 Å². The molecule has 0 bridgehead atoms. The second kappa shape index (κ2) is 8.72. The van der Waals surface area contributed by atoms with Gasteiger partial charge in [0.25, 0.3) is 0 Å². The van der Waals surface area contributed by atoms with E-state index >= 15 is 0 Å². The number of benzene rings is 2. The Morgan fingerprint density at radius 1 is 1.12 bits per heavy atom. The molecule has 2 aromatic carbocycles. The Hall–Kier alpha value is -2.88. The molecular formula is C30H35NO3. The lowest BCUT2D eigenvalue weighted by molar-refractivity contribution is 0.0169. The molecule has 0 saturated carbocycles. The molecule has 178 valence electrons. The van der Waals surface area contributed by atoms with Crippen LogP contribution in [0.5, 0.6) is 0 Å². The third-order valence-corrected chi connectivity index (χ3v) is 7.56. The largest absolute Gasteiger partial charge is 0.444 e. The standard InChI is InChI=1S/C30H35NO3/c1-5-19-10-12-22-21(18-19)11-13-25-23-8-6-7-9-24(23)26(28(32)27(22)25)20-14-16-31(17-15-20)29(33)34-30(2,3)4/h6,8,10-13,18,20,26H,5,7,9,14-17H2,1-4H3. The predicted octanol–water partition coefficient (Wildman–Crippen LogP) is 6.97. The number of ether oxygens (including phenoxy) is 1. The second-order valence-electron chi connectivity index (χ2n) is 10.9. The second-order valence-corrected chi connectivity index (χ2v) is 10.9. The summed E-state index contributed by atoms with van der Waals surface area (Å²) in [6.07, 6.45) is 8.81. The van der Waals surface area contributed by atoms with Crippen LogP contribution in [0, 0.1) is 11.8 Å². The van der Waals surface area contributed by atoms with Crippen molar-refractivity contribution in [1.29, 1.82) is 0 Å². The zero-order valence-electron chi connectivity index (χ0n) is 20.8. The van der Waals surface area contributed by atoms with Gasteiger partial charge in [0.15, 0.2) is 5.78 Å². The van der Waals surface area contributed by atoms with Crippen LogP contribution in [0.3, 0.4) is 0 Å². The fourth-order valence-corrected chi connectivity index (χ4v) is 5.91. The lowest BCUT2D eigenvalue weighted by atomic mass is 9.66. The highest BCUT2D eigenvalue weighted by Crippen LogP contribution is 2.47. The molecule has 1 atom stereocenters. The van der Waals surface area contributed by atoms with Crippen LogP contribution in [0.25, 0.3) is 16.3 Å². The molecule has 2 aliphatic carbocycles. The molecule has 1 fully saturated rings. The van der Waals surface area contributed by atoms with E-state index < -0.39 is 5.60 Å². The number of amides is 1. The van der Waals surface area contributed by atoms with Crippen LogP contribution in [0.4, 0.5) is 4.79 Å². The van der Waals surface area contributed by atoms with Crippen LogP contribution < -0.4 is 0 Å². The van der Waals surface area contributed by atoms with Gasteiger partial charge in [-0.15, -0.1) is 0 Å². The van der Waals surface area contributed by atoms with Crippen molar-refractivity contribution in [3.63, 3.8) is 0 Å². The fourth-order valence-electron chi connectivity index (χ4n) is 5.91. The average Bonchev–Trinajstić information content (AvgIpc) is 2.82. The summed E-state index contributed by atoms with van der Waals surface area (Å²) in [5.74, 6) is 0.431. The van der Waals surface area contributed by atoms with E-state index in [0.29, 0.717) is 13.1 Å². The van der Waals surface area contributed by atoms with Gasteiger partial charge in [-0.05, 0) is 86.3 Å². The van der Waals surface area contributed by atoms with Gasteiger partial charge in [-0.1, -0.05) is 55.0 Å². The molecule has 1 heterocycles. The summed E-state index contributed by atoms with van der Waals surface area (Å²) in [4.78, 5) is 28.6. The van der Waals surface area contributed by atoms with E-state index in [2.05, 4.69) is 49.4 Å². The maximum Gasteiger partial charge on any atom is 0.410 e. The molecule has 1 aliphatic heterocycles. The van der Waals surface area contributed by atoms with E-state index in [4.69, 9.17) is 4.74 Å². The summed E-state index contributed by atoms with van der Waals surface area (Å²) in [6.45, 7) is 9.14. The lowest BCUT2D eigenvalue weighted by Gasteiger charge is -2.40. The van der Waals surface area contributed by atoms with E-state index in [9.17, 15) is 9.59 Å². The third-order valence-electron chi connectivity index (χ3n) is 7.56. The van der Waals surface area contributed by atoms with Crippen molar-refractivity contribution in [3.05, 3.63) is 64.7 Å². The van der Waals surface area contributed by atoms with Gasteiger partial charge in [-0.3, -0.25) is 4.79 Å². The molecule has 0 spiro atoms. The molecule has 34 heavy (non-hydrogen) atoms. The summed E-state index contributed by atoms with van der Waals surface area (Å²) in [5.41, 5.74) is 5.34. The van der Waals surface area contributed by atoms with Gasteiger partial charge in [0.05, 0.1) is 0 Å². The number of hydrogen-bond acceptors (Lipinski definition) is 3. The molecular weight excluding hydrogens is 422 g/mol. The molecule has 0 N–H and O–H groups in total. The smallest absolute Gasteiger partial charge is 0.410 e. The number of ketones is 1. The van der Waals surface area contributed by atoms with Gasteiger partial charge >= 0.3 is 6.09 Å². The van der Waals surface area contributed by atoms with Crippen molar-refractivity contribution in [2.24, 2.45) is 11.8 Å². The van der Waals surface area contributed by atoms with Crippen LogP contribution in [-0.2, 0) is 11.2 Å². The Morgan fingerprint density at radius 3 is 2.59 bits per heavy atom. The average molecular weight is 458 g/mol. The quantitative estimate of drug-likeness (QED) is 0.489. The molecule has 3 aliphatic rings. The number of hydrogen-bond donors (Lipinski definition) is 0. The highest BCUT2D eigenvalue weighted by Gasteiger charge is 2.41. The normalized spacial score (nSPS) is 21.0. The number of carbonyl (C=O) groups excluding carboxylic acids is 2. The number of Topliss-reactive ketones (excluding diaryl/α,β-unsaturated/α-hetero) is 1. The van der Waals surface area contributed by atoms with E-state index in [1.165, 1.54) is 16.7 Å². The van der Waals surface area contributed by atoms with Crippen molar-refractivity contribution in [2.75, 3.05) is 13.1 Å². The number of fused-ring (bicyclic) bond motifs is 4. The summed E-state index contributed by atoms with van der Waals surface area (Å²) >= 11 is 0. The van der Waals surface area contributed by atoms with Crippen LogP contribution in [0.15, 0.2) is 48.1 Å². The van der Waals surface area contributed by atoms with Gasteiger partial charge in [0, 0.05) is 24.6 Å². The van der Waals surface area contributed by atoms with Crippen molar-refractivity contribution < 1.29 is 14.3 Å². The number of carbonyl (C=O) groups is 2. The molecule has 0 radical (unpaired) electrons. The Labute approximate surface area is 202 Å². The molecule has 2 aromatic rings. The molecule has 0 aromatic heterocycles. The SMILES string of the molecule is CCc1ccc2c3c(ccc2c1)C1=C(CCC=C1)C(C1CCN(C(=O)OC(C)(C)C)CC1)C3=O. The molecule has 5 rings (SSSR count). The first-order valence-corrected chi connectivity index (χ1v) is 12.7. The number of nitrogens with zero attached hydrogens (tertiary/aromatic N) is 1. The zero-order chi connectivity index (χ0) is 24.0. The van der Waals surface area contributed by atoms with Gasteiger partial charge < -0.3 is 9.64 Å². The summed E-state index contributed by atoms with van der Waals surface area (Å²) in [6, 6.07) is 10.8. The number of likely N-dealkylation sites (tertiary alicyclic amines) is 1. The number of piperidine rings is 1. The van der Waals surface area contributed by atoms with Crippen LogP contribution in [-0.4, -0.2) is 35.5 Å². The van der Waals surface area contributed by atoms with E-state index in [1.54, 1.807) is 4.90 Å². The Bertz CT molecular complexity index is 1210. The topological polar surface area (TPSA) is 46.6 Å². The lowest BCUT2D eigenvalue weighted by Crippen LogP contribution is -2.44. The van der Waals surface area contributed by atoms with Crippen molar-refractivity contribution in [3.8, 4) is 0 Å². The molecule has 4 nitrogen and oxygen atoms in total.